The quantitative estimate of drug-likeness (QED) is 0.623. The van der Waals surface area contributed by atoms with Crippen LogP contribution in [0.15, 0.2) is 36.1 Å². The Balaban J connectivity index is 2.99. The van der Waals surface area contributed by atoms with Gasteiger partial charge in [-0.3, -0.25) is 0 Å². The van der Waals surface area contributed by atoms with Crippen LogP contribution in [-0.4, -0.2) is 11.1 Å². The van der Waals surface area contributed by atoms with Crippen LogP contribution in [0.5, 0.6) is 0 Å². The molecule has 0 aromatic heterocycles. The van der Waals surface area contributed by atoms with Gasteiger partial charge in [0.1, 0.15) is 5.76 Å². The molecule has 2 nitrogen and oxygen atoms in total. The van der Waals surface area contributed by atoms with Gasteiger partial charge in [-0.05, 0) is 19.1 Å². The molecule has 0 spiro atoms. The van der Waals surface area contributed by atoms with Crippen LogP contribution in [0.25, 0.3) is 0 Å². The highest BCUT2D eigenvalue weighted by Crippen LogP contribution is 2.27. The lowest BCUT2D eigenvalue weighted by Gasteiger charge is -2.25. The normalized spacial score (nSPS) is 31.1. The van der Waals surface area contributed by atoms with Crippen molar-refractivity contribution < 1.29 is 5.11 Å². The summed E-state index contributed by atoms with van der Waals surface area (Å²) in [5.41, 5.74) is 5.56. The molecule has 3 N–H and O–H groups in total. The van der Waals surface area contributed by atoms with Gasteiger partial charge in [-0.1, -0.05) is 25.2 Å². The average molecular weight is 165 g/mol. The van der Waals surface area contributed by atoms with E-state index in [2.05, 4.69) is 0 Å². The Kier molecular flexibility index (Phi) is 2.38. The van der Waals surface area contributed by atoms with Crippen molar-refractivity contribution in [1.82, 2.24) is 0 Å². The molecule has 2 unspecified atom stereocenters. The highest BCUT2D eigenvalue weighted by atomic mass is 16.3. The molecular formula is C10H15NO. The van der Waals surface area contributed by atoms with E-state index in [1.807, 2.05) is 26.0 Å². The van der Waals surface area contributed by atoms with Crippen LogP contribution in [0, 0.1) is 5.41 Å². The van der Waals surface area contributed by atoms with Crippen molar-refractivity contribution in [3.63, 3.8) is 0 Å². The Labute approximate surface area is 73.1 Å². The molecule has 0 saturated carbocycles. The van der Waals surface area contributed by atoms with E-state index in [9.17, 15) is 5.11 Å². The summed E-state index contributed by atoms with van der Waals surface area (Å²) < 4.78 is 0. The summed E-state index contributed by atoms with van der Waals surface area (Å²) in [5.74, 6) is 0.278. The van der Waals surface area contributed by atoms with E-state index in [-0.39, 0.29) is 17.2 Å². The van der Waals surface area contributed by atoms with E-state index in [1.165, 1.54) is 0 Å². The number of aliphatic hydroxyl groups is 1. The van der Waals surface area contributed by atoms with Crippen LogP contribution in [-0.2, 0) is 0 Å². The summed E-state index contributed by atoms with van der Waals surface area (Å²) in [7, 11) is 0. The average Bonchev–Trinajstić information content (AvgIpc) is 2.12. The van der Waals surface area contributed by atoms with Crippen molar-refractivity contribution in [2.45, 2.75) is 19.9 Å². The maximum absolute atomic E-state index is 9.35. The largest absolute Gasteiger partial charge is 0.508 e. The van der Waals surface area contributed by atoms with Gasteiger partial charge in [0.2, 0.25) is 0 Å². The zero-order valence-corrected chi connectivity index (χ0v) is 7.49. The summed E-state index contributed by atoms with van der Waals surface area (Å²) in [5, 5.41) is 9.35. The predicted molar refractivity (Wildman–Crippen MR) is 50.7 cm³/mol. The van der Waals surface area contributed by atoms with E-state index in [0.717, 1.165) is 0 Å². The molecule has 0 aromatic rings. The van der Waals surface area contributed by atoms with Gasteiger partial charge in [-0.15, -0.1) is 0 Å². The van der Waals surface area contributed by atoms with Gasteiger partial charge >= 0.3 is 0 Å². The van der Waals surface area contributed by atoms with Crippen LogP contribution in [0.1, 0.15) is 13.8 Å². The van der Waals surface area contributed by atoms with Crippen LogP contribution in [0.2, 0.25) is 0 Å². The third-order valence-corrected chi connectivity index (χ3v) is 2.27. The Morgan fingerprint density at radius 2 is 2.17 bits per heavy atom. The minimum Gasteiger partial charge on any atom is -0.508 e. The number of hydrogen-bond donors (Lipinski definition) is 2. The summed E-state index contributed by atoms with van der Waals surface area (Å²) in [6, 6.07) is -0.00389. The van der Waals surface area contributed by atoms with Crippen LogP contribution in [0.3, 0.4) is 0 Å². The van der Waals surface area contributed by atoms with E-state index < -0.39 is 0 Å². The number of hydrogen-bond acceptors (Lipinski definition) is 2. The van der Waals surface area contributed by atoms with E-state index >= 15 is 0 Å². The maximum Gasteiger partial charge on any atom is 0.112 e. The topological polar surface area (TPSA) is 46.2 Å². The summed E-state index contributed by atoms with van der Waals surface area (Å²) in [6.45, 7) is 3.93. The molecule has 0 fully saturated rings. The molecule has 0 heterocycles. The minimum atomic E-state index is -0.242. The molecule has 1 rings (SSSR count). The number of allylic oxidation sites excluding steroid dienone is 3. The molecule has 2 atom stereocenters. The Hall–Kier alpha value is -1.02. The monoisotopic (exact) mass is 165 g/mol. The Morgan fingerprint density at radius 1 is 1.50 bits per heavy atom. The Morgan fingerprint density at radius 3 is 2.75 bits per heavy atom. The third kappa shape index (κ3) is 1.77. The van der Waals surface area contributed by atoms with E-state index in [1.54, 1.807) is 18.2 Å². The molecule has 12 heavy (non-hydrogen) atoms. The summed E-state index contributed by atoms with van der Waals surface area (Å²) in [4.78, 5) is 0. The van der Waals surface area contributed by atoms with Gasteiger partial charge in [-0.2, -0.15) is 0 Å². The molecule has 1 aliphatic rings. The lowest BCUT2D eigenvalue weighted by molar-refractivity contribution is 0.392. The van der Waals surface area contributed by atoms with Gasteiger partial charge in [0.25, 0.3) is 0 Å². The molecule has 0 aliphatic heterocycles. The smallest absolute Gasteiger partial charge is 0.112 e. The lowest BCUT2D eigenvalue weighted by atomic mass is 9.83. The SMILES string of the molecule is CC(N)C1(C)C=CC=CC(O)=C1. The van der Waals surface area contributed by atoms with Crippen molar-refractivity contribution in [3.05, 3.63) is 36.1 Å². The third-order valence-electron chi connectivity index (χ3n) is 2.27. The van der Waals surface area contributed by atoms with Gasteiger partial charge in [-0.25, -0.2) is 0 Å². The zero-order valence-electron chi connectivity index (χ0n) is 7.49. The summed E-state index contributed by atoms with van der Waals surface area (Å²) >= 11 is 0. The predicted octanol–water partition coefficient (Wildman–Crippen LogP) is 1.91. The molecule has 2 heteroatoms. The van der Waals surface area contributed by atoms with Crippen molar-refractivity contribution in [3.8, 4) is 0 Å². The molecular weight excluding hydrogens is 150 g/mol. The van der Waals surface area contributed by atoms with Crippen LogP contribution < -0.4 is 5.73 Å². The highest BCUT2D eigenvalue weighted by molar-refractivity contribution is 5.28. The van der Waals surface area contributed by atoms with Crippen molar-refractivity contribution in [2.24, 2.45) is 11.1 Å². The number of aliphatic hydroxyl groups excluding tert-OH is 1. The number of nitrogens with two attached hydrogens (primary N) is 1. The first-order chi connectivity index (χ1) is 5.54. The Bertz CT molecular complexity index is 251. The second-order valence-corrected chi connectivity index (χ2v) is 3.44. The first-order valence-corrected chi connectivity index (χ1v) is 4.08. The van der Waals surface area contributed by atoms with E-state index in [0.29, 0.717) is 0 Å². The van der Waals surface area contributed by atoms with E-state index in [4.69, 9.17) is 5.73 Å². The standard InChI is InChI=1S/C10H15NO/c1-8(11)10(2)6-4-3-5-9(12)7-10/h3-8,12H,11H2,1-2H3. The van der Waals surface area contributed by atoms with Crippen molar-refractivity contribution >= 4 is 0 Å². The molecule has 0 radical (unpaired) electrons. The molecule has 0 bridgehead atoms. The highest BCUT2D eigenvalue weighted by Gasteiger charge is 2.24. The van der Waals surface area contributed by atoms with Crippen molar-refractivity contribution in [2.75, 3.05) is 0 Å². The molecule has 0 amide bonds. The van der Waals surface area contributed by atoms with Gasteiger partial charge in [0.15, 0.2) is 0 Å². The second-order valence-electron chi connectivity index (χ2n) is 3.44. The molecule has 0 aromatic carbocycles. The first-order valence-electron chi connectivity index (χ1n) is 4.08. The fraction of sp³-hybridized carbons (Fsp3) is 0.400. The molecule has 66 valence electrons. The second kappa shape index (κ2) is 3.15. The number of rotatable bonds is 1. The fourth-order valence-corrected chi connectivity index (χ4v) is 1.12. The minimum absolute atomic E-state index is 0.00389. The van der Waals surface area contributed by atoms with Crippen LogP contribution in [0.4, 0.5) is 0 Å². The van der Waals surface area contributed by atoms with Gasteiger partial charge < -0.3 is 10.8 Å². The van der Waals surface area contributed by atoms with Crippen molar-refractivity contribution in [1.29, 1.82) is 0 Å². The van der Waals surface area contributed by atoms with Gasteiger partial charge in [0.05, 0.1) is 0 Å². The van der Waals surface area contributed by atoms with Crippen LogP contribution >= 0.6 is 0 Å². The maximum atomic E-state index is 9.35. The fourth-order valence-electron chi connectivity index (χ4n) is 1.12. The molecule has 1 aliphatic carbocycles. The lowest BCUT2D eigenvalue weighted by Crippen LogP contribution is -2.33. The summed E-state index contributed by atoms with van der Waals surface area (Å²) in [6.07, 6.45) is 9.14. The first kappa shape index (κ1) is 9.07. The zero-order chi connectivity index (χ0) is 9.19. The van der Waals surface area contributed by atoms with Gasteiger partial charge in [0, 0.05) is 11.5 Å². The molecule has 0 saturated heterocycles.